The van der Waals surface area contributed by atoms with E-state index in [1.807, 2.05) is 44.2 Å². The molecule has 0 spiro atoms. The molecule has 0 fully saturated rings. The van der Waals surface area contributed by atoms with Gasteiger partial charge in [-0.05, 0) is 37.6 Å². The summed E-state index contributed by atoms with van der Waals surface area (Å²) in [5.74, 6) is 0.589. The van der Waals surface area contributed by atoms with E-state index in [2.05, 4.69) is 0 Å². The number of nitrogens with two attached hydrogens (primary N) is 1. The second kappa shape index (κ2) is 7.50. The molecule has 0 radical (unpaired) electrons. The lowest BCUT2D eigenvalue weighted by atomic mass is 10.1. The van der Waals surface area contributed by atoms with Gasteiger partial charge >= 0.3 is 0 Å². The fourth-order valence-corrected chi connectivity index (χ4v) is 2.24. The van der Waals surface area contributed by atoms with Crippen molar-refractivity contribution < 1.29 is 9.53 Å². The molecule has 116 valence electrons. The molecule has 0 aliphatic rings. The van der Waals surface area contributed by atoms with E-state index in [1.165, 1.54) is 0 Å². The summed E-state index contributed by atoms with van der Waals surface area (Å²) in [4.78, 5) is 14.0. The van der Waals surface area contributed by atoms with E-state index in [0.29, 0.717) is 36.7 Å². The highest BCUT2D eigenvalue weighted by atomic mass is 16.5. The minimum absolute atomic E-state index is 0.00805. The fraction of sp³-hybridized carbons (Fsp3) is 0.278. The van der Waals surface area contributed by atoms with Gasteiger partial charge in [0.15, 0.2) is 0 Å². The Labute approximate surface area is 131 Å². The summed E-state index contributed by atoms with van der Waals surface area (Å²) in [6.07, 6.45) is 0. The molecule has 0 aliphatic heterocycles. The molecular weight excluding hydrogens is 276 g/mol. The maximum absolute atomic E-state index is 12.3. The molecule has 22 heavy (non-hydrogen) atoms. The highest BCUT2D eigenvalue weighted by Crippen LogP contribution is 2.24. The average Bonchev–Trinajstić information content (AvgIpc) is 2.55. The molecule has 0 atom stereocenters. The molecule has 0 saturated heterocycles. The summed E-state index contributed by atoms with van der Waals surface area (Å²) in [5.41, 5.74) is 8.16. The van der Waals surface area contributed by atoms with Crippen LogP contribution in [0, 0.1) is 0 Å². The van der Waals surface area contributed by atoms with Crippen LogP contribution < -0.4 is 10.5 Å². The molecule has 0 bridgehead atoms. The van der Waals surface area contributed by atoms with E-state index < -0.39 is 0 Å². The second-order valence-corrected chi connectivity index (χ2v) is 5.00. The van der Waals surface area contributed by atoms with E-state index in [4.69, 9.17) is 10.5 Å². The Morgan fingerprint density at radius 2 is 1.77 bits per heavy atom. The van der Waals surface area contributed by atoms with Gasteiger partial charge in [0, 0.05) is 18.7 Å². The Morgan fingerprint density at radius 3 is 2.36 bits per heavy atom. The predicted molar refractivity (Wildman–Crippen MR) is 88.9 cm³/mol. The number of ether oxygens (including phenoxy) is 1. The van der Waals surface area contributed by atoms with Crippen molar-refractivity contribution in [2.75, 3.05) is 18.8 Å². The van der Waals surface area contributed by atoms with Gasteiger partial charge in [-0.1, -0.05) is 30.3 Å². The van der Waals surface area contributed by atoms with Gasteiger partial charge in [-0.25, -0.2) is 0 Å². The maximum atomic E-state index is 12.3. The summed E-state index contributed by atoms with van der Waals surface area (Å²) in [5, 5.41) is 0. The minimum Gasteiger partial charge on any atom is -0.487 e. The van der Waals surface area contributed by atoms with Gasteiger partial charge < -0.3 is 15.4 Å². The number of hydrogen-bond acceptors (Lipinski definition) is 3. The van der Waals surface area contributed by atoms with Gasteiger partial charge in [0.05, 0.1) is 5.69 Å². The van der Waals surface area contributed by atoms with E-state index in [0.717, 1.165) is 5.56 Å². The number of amides is 1. The Hall–Kier alpha value is -2.49. The summed E-state index contributed by atoms with van der Waals surface area (Å²) >= 11 is 0. The van der Waals surface area contributed by atoms with Gasteiger partial charge in [-0.15, -0.1) is 0 Å². The highest BCUT2D eigenvalue weighted by molar-refractivity contribution is 5.95. The van der Waals surface area contributed by atoms with Gasteiger partial charge in [-0.3, -0.25) is 4.79 Å². The fourth-order valence-electron chi connectivity index (χ4n) is 2.24. The average molecular weight is 298 g/mol. The molecule has 2 aromatic carbocycles. The molecule has 0 aliphatic carbocycles. The standard InChI is InChI=1S/C18H22N2O2/c1-3-20(4-2)18(21)15-10-11-17(16(19)12-15)22-13-14-8-6-5-7-9-14/h5-12H,3-4,13,19H2,1-2H3. The number of rotatable bonds is 6. The van der Waals surface area contributed by atoms with Crippen LogP contribution in [-0.4, -0.2) is 23.9 Å². The lowest BCUT2D eigenvalue weighted by Gasteiger charge is -2.19. The Bertz CT molecular complexity index is 622. The van der Waals surface area contributed by atoms with E-state index in [-0.39, 0.29) is 5.91 Å². The van der Waals surface area contributed by atoms with Crippen molar-refractivity contribution in [1.82, 2.24) is 4.90 Å². The Kier molecular flexibility index (Phi) is 5.42. The number of carbonyl (C=O) groups is 1. The van der Waals surface area contributed by atoms with Crippen molar-refractivity contribution in [2.24, 2.45) is 0 Å². The van der Waals surface area contributed by atoms with E-state index >= 15 is 0 Å². The van der Waals surface area contributed by atoms with Crippen LogP contribution in [0.5, 0.6) is 5.75 Å². The van der Waals surface area contributed by atoms with Crippen molar-refractivity contribution in [3.05, 3.63) is 59.7 Å². The second-order valence-electron chi connectivity index (χ2n) is 5.00. The van der Waals surface area contributed by atoms with Crippen LogP contribution in [0.3, 0.4) is 0 Å². The largest absolute Gasteiger partial charge is 0.487 e. The first kappa shape index (κ1) is 15.9. The molecule has 1 amide bonds. The van der Waals surface area contributed by atoms with Crippen LogP contribution in [0.4, 0.5) is 5.69 Å². The zero-order valence-corrected chi connectivity index (χ0v) is 13.1. The number of nitrogen functional groups attached to an aromatic ring is 1. The van der Waals surface area contributed by atoms with Crippen molar-refractivity contribution in [3.8, 4) is 5.75 Å². The van der Waals surface area contributed by atoms with Gasteiger partial charge in [0.1, 0.15) is 12.4 Å². The third-order valence-corrected chi connectivity index (χ3v) is 3.54. The van der Waals surface area contributed by atoms with E-state index in [1.54, 1.807) is 23.1 Å². The molecule has 2 N–H and O–H groups in total. The lowest BCUT2D eigenvalue weighted by molar-refractivity contribution is 0.0773. The summed E-state index contributed by atoms with van der Waals surface area (Å²) < 4.78 is 5.72. The van der Waals surface area contributed by atoms with Gasteiger partial charge in [-0.2, -0.15) is 0 Å². The van der Waals surface area contributed by atoms with Crippen LogP contribution in [0.25, 0.3) is 0 Å². The first-order valence-electron chi connectivity index (χ1n) is 7.51. The number of benzene rings is 2. The maximum Gasteiger partial charge on any atom is 0.253 e. The molecule has 0 unspecified atom stereocenters. The van der Waals surface area contributed by atoms with Gasteiger partial charge in [0.25, 0.3) is 5.91 Å². The zero-order chi connectivity index (χ0) is 15.9. The monoisotopic (exact) mass is 298 g/mol. The van der Waals surface area contributed by atoms with E-state index in [9.17, 15) is 4.79 Å². The predicted octanol–water partition coefficient (Wildman–Crippen LogP) is 3.33. The molecule has 2 rings (SSSR count). The smallest absolute Gasteiger partial charge is 0.253 e. The summed E-state index contributed by atoms with van der Waals surface area (Å²) in [7, 11) is 0. The van der Waals surface area contributed by atoms with Crippen molar-refractivity contribution in [2.45, 2.75) is 20.5 Å². The third-order valence-electron chi connectivity index (χ3n) is 3.54. The number of anilines is 1. The normalized spacial score (nSPS) is 10.3. The highest BCUT2D eigenvalue weighted by Gasteiger charge is 2.14. The number of carbonyl (C=O) groups excluding carboxylic acids is 1. The van der Waals surface area contributed by atoms with Gasteiger partial charge in [0.2, 0.25) is 0 Å². The molecule has 0 saturated carbocycles. The Morgan fingerprint density at radius 1 is 1.09 bits per heavy atom. The number of hydrogen-bond donors (Lipinski definition) is 1. The SMILES string of the molecule is CCN(CC)C(=O)c1ccc(OCc2ccccc2)c(N)c1. The summed E-state index contributed by atoms with van der Waals surface area (Å²) in [6.45, 7) is 5.74. The zero-order valence-electron chi connectivity index (χ0n) is 13.1. The van der Waals surface area contributed by atoms with Crippen LogP contribution in [0.15, 0.2) is 48.5 Å². The first-order valence-corrected chi connectivity index (χ1v) is 7.51. The first-order chi connectivity index (χ1) is 10.7. The topological polar surface area (TPSA) is 55.6 Å². The van der Waals surface area contributed by atoms with Crippen molar-refractivity contribution in [1.29, 1.82) is 0 Å². The van der Waals surface area contributed by atoms with Crippen LogP contribution in [0.2, 0.25) is 0 Å². The molecule has 0 aromatic heterocycles. The van der Waals surface area contributed by atoms with Crippen molar-refractivity contribution in [3.63, 3.8) is 0 Å². The van der Waals surface area contributed by atoms with Crippen LogP contribution >= 0.6 is 0 Å². The van der Waals surface area contributed by atoms with Crippen LogP contribution in [-0.2, 0) is 6.61 Å². The molecule has 2 aromatic rings. The van der Waals surface area contributed by atoms with Crippen molar-refractivity contribution >= 4 is 11.6 Å². The lowest BCUT2D eigenvalue weighted by Crippen LogP contribution is -2.30. The minimum atomic E-state index is -0.00805. The molecule has 0 heterocycles. The molecule has 4 nitrogen and oxygen atoms in total. The Balaban J connectivity index is 2.08. The quantitative estimate of drug-likeness (QED) is 0.832. The summed E-state index contributed by atoms with van der Waals surface area (Å²) in [6, 6.07) is 15.1. The molecular formula is C18H22N2O2. The third kappa shape index (κ3) is 3.79. The molecule has 4 heteroatoms. The number of nitrogens with zero attached hydrogens (tertiary/aromatic N) is 1. The van der Waals surface area contributed by atoms with Crippen LogP contribution in [0.1, 0.15) is 29.8 Å².